The monoisotopic (exact) mass is 237 g/mol. The van der Waals surface area contributed by atoms with Crippen molar-refractivity contribution in [3.05, 3.63) is 34.9 Å². The van der Waals surface area contributed by atoms with Gasteiger partial charge >= 0.3 is 0 Å². The third-order valence-corrected chi connectivity index (χ3v) is 2.80. The van der Waals surface area contributed by atoms with Crippen LogP contribution < -0.4 is 5.32 Å². The number of hydrogen-bond acceptors (Lipinski definition) is 1. The number of hydrogen-bond donors (Lipinski definition) is 1. The fourth-order valence-electron chi connectivity index (χ4n) is 1.75. The van der Waals surface area contributed by atoms with Crippen molar-refractivity contribution < 1.29 is 4.39 Å². The lowest BCUT2D eigenvalue weighted by molar-refractivity contribution is 0.284. The Morgan fingerprint density at radius 3 is 2.47 bits per heavy atom. The van der Waals surface area contributed by atoms with Crippen molar-refractivity contribution in [2.24, 2.45) is 0 Å². The van der Waals surface area contributed by atoms with Crippen molar-refractivity contribution in [1.29, 1.82) is 0 Å². The highest BCUT2D eigenvalue weighted by Gasteiger charge is 2.14. The molecule has 0 aliphatic rings. The molecule has 0 spiro atoms. The molecular weight excluding hydrogens is 213 g/mol. The summed E-state index contributed by atoms with van der Waals surface area (Å²) in [7, 11) is 0. The Bertz CT molecular complexity index is 366. The van der Waals surface area contributed by atoms with Gasteiger partial charge in [0.05, 0.1) is 0 Å². The fraction of sp³-hybridized carbons (Fsp3) is 0.600. The molecule has 0 aromatic heterocycles. The predicted octanol–water partition coefficient (Wildman–Crippen LogP) is 3.57. The fourth-order valence-corrected chi connectivity index (χ4v) is 1.75. The summed E-state index contributed by atoms with van der Waals surface area (Å²) in [5.74, 6) is 0. The van der Waals surface area contributed by atoms with E-state index in [-0.39, 0.29) is 5.54 Å². The normalized spacial score (nSPS) is 13.8. The number of rotatable bonds is 4. The van der Waals surface area contributed by atoms with Gasteiger partial charge in [0.2, 0.25) is 0 Å². The number of halogens is 1. The number of alkyl halides is 1. The number of benzene rings is 1. The summed E-state index contributed by atoms with van der Waals surface area (Å²) in [4.78, 5) is 0. The number of nitrogens with one attached hydrogen (secondary N) is 1. The van der Waals surface area contributed by atoms with Gasteiger partial charge in [0.15, 0.2) is 0 Å². The molecule has 1 N–H and O–H groups in total. The van der Waals surface area contributed by atoms with E-state index in [1.54, 1.807) is 0 Å². The molecule has 1 unspecified atom stereocenters. The Morgan fingerprint density at radius 2 is 1.88 bits per heavy atom. The van der Waals surface area contributed by atoms with Crippen LogP contribution >= 0.6 is 0 Å². The molecule has 0 aliphatic carbocycles. The van der Waals surface area contributed by atoms with Gasteiger partial charge in [-0.1, -0.05) is 23.8 Å². The highest BCUT2D eigenvalue weighted by atomic mass is 19.1. The Balaban J connectivity index is 2.56. The van der Waals surface area contributed by atoms with E-state index in [0.29, 0.717) is 13.0 Å². The summed E-state index contributed by atoms with van der Waals surface area (Å²) in [5.41, 5.74) is 3.47. The summed E-state index contributed by atoms with van der Waals surface area (Å²) >= 11 is 0. The summed E-state index contributed by atoms with van der Waals surface area (Å²) in [6, 6.07) is 6.22. The summed E-state index contributed by atoms with van der Waals surface area (Å²) in [6.45, 7) is 10.7. The van der Waals surface area contributed by atoms with Crippen molar-refractivity contribution in [2.75, 3.05) is 6.54 Å². The van der Waals surface area contributed by atoms with Crippen molar-refractivity contribution in [3.8, 4) is 0 Å². The number of aryl methyl sites for hydroxylation is 2. The van der Waals surface area contributed by atoms with Gasteiger partial charge in [-0.15, -0.1) is 0 Å². The van der Waals surface area contributed by atoms with Crippen LogP contribution in [-0.2, 0) is 6.42 Å². The zero-order valence-electron chi connectivity index (χ0n) is 11.6. The zero-order valence-corrected chi connectivity index (χ0v) is 11.6. The Kier molecular flexibility index (Phi) is 4.70. The van der Waals surface area contributed by atoms with Crippen LogP contribution in [0.15, 0.2) is 18.2 Å². The van der Waals surface area contributed by atoms with Gasteiger partial charge in [-0.05, 0) is 45.7 Å². The highest BCUT2D eigenvalue weighted by molar-refractivity contribution is 5.30. The van der Waals surface area contributed by atoms with Crippen LogP contribution in [0.2, 0.25) is 0 Å². The average molecular weight is 237 g/mol. The maximum absolute atomic E-state index is 13.9. The molecule has 2 heteroatoms. The third kappa shape index (κ3) is 5.31. The first-order chi connectivity index (χ1) is 7.78. The maximum Gasteiger partial charge on any atom is 0.117 e. The van der Waals surface area contributed by atoms with Crippen molar-refractivity contribution in [3.63, 3.8) is 0 Å². The molecule has 0 amide bonds. The maximum atomic E-state index is 13.9. The van der Waals surface area contributed by atoms with E-state index in [0.717, 1.165) is 5.56 Å². The van der Waals surface area contributed by atoms with E-state index in [9.17, 15) is 4.39 Å². The van der Waals surface area contributed by atoms with E-state index in [1.165, 1.54) is 11.1 Å². The molecule has 0 saturated heterocycles. The van der Waals surface area contributed by atoms with Gasteiger partial charge in [0, 0.05) is 18.5 Å². The SMILES string of the molecule is Cc1ccc(C)c(CC(F)CNC(C)(C)C)c1. The zero-order chi connectivity index (χ0) is 13.1. The molecule has 0 heterocycles. The van der Waals surface area contributed by atoms with E-state index >= 15 is 0 Å². The first-order valence-electron chi connectivity index (χ1n) is 6.23. The lowest BCUT2D eigenvalue weighted by Crippen LogP contribution is -2.40. The van der Waals surface area contributed by atoms with Gasteiger partial charge < -0.3 is 5.32 Å². The van der Waals surface area contributed by atoms with E-state index in [1.807, 2.05) is 13.8 Å². The molecule has 1 nitrogen and oxygen atoms in total. The van der Waals surface area contributed by atoms with E-state index in [4.69, 9.17) is 0 Å². The van der Waals surface area contributed by atoms with Crippen LogP contribution in [-0.4, -0.2) is 18.3 Å². The van der Waals surface area contributed by atoms with Crippen LogP contribution in [0.1, 0.15) is 37.5 Å². The van der Waals surface area contributed by atoms with Crippen LogP contribution in [0, 0.1) is 13.8 Å². The van der Waals surface area contributed by atoms with Crippen LogP contribution in [0.25, 0.3) is 0 Å². The topological polar surface area (TPSA) is 12.0 Å². The second-order valence-corrected chi connectivity index (χ2v) is 5.86. The standard InChI is InChI=1S/C15H24FN/c1-11-6-7-12(2)13(8-11)9-14(16)10-17-15(3,4)5/h6-8,14,17H,9-10H2,1-5H3. The van der Waals surface area contributed by atoms with Gasteiger partial charge in [0.1, 0.15) is 6.17 Å². The van der Waals surface area contributed by atoms with Gasteiger partial charge in [-0.3, -0.25) is 0 Å². The molecule has 0 fully saturated rings. The van der Waals surface area contributed by atoms with Crippen molar-refractivity contribution in [2.45, 2.75) is 52.8 Å². The second kappa shape index (κ2) is 5.63. The van der Waals surface area contributed by atoms with Gasteiger partial charge in [0.25, 0.3) is 0 Å². The first kappa shape index (κ1) is 14.2. The molecule has 1 aromatic rings. The summed E-state index contributed by atoms with van der Waals surface area (Å²) in [6.07, 6.45) is -0.328. The molecule has 0 aliphatic heterocycles. The molecule has 0 saturated carbocycles. The minimum atomic E-state index is -0.824. The van der Waals surface area contributed by atoms with E-state index < -0.39 is 6.17 Å². The minimum absolute atomic E-state index is 0.0218. The van der Waals surface area contributed by atoms with Gasteiger partial charge in [-0.2, -0.15) is 0 Å². The molecule has 96 valence electrons. The van der Waals surface area contributed by atoms with Gasteiger partial charge in [-0.25, -0.2) is 4.39 Å². The lowest BCUT2D eigenvalue weighted by Gasteiger charge is -2.22. The van der Waals surface area contributed by atoms with Crippen LogP contribution in [0.3, 0.4) is 0 Å². The molecule has 17 heavy (non-hydrogen) atoms. The Labute approximate surface area is 104 Å². The van der Waals surface area contributed by atoms with Crippen LogP contribution in [0.4, 0.5) is 4.39 Å². The summed E-state index contributed by atoms with van der Waals surface area (Å²) in [5, 5.41) is 3.20. The average Bonchev–Trinajstić information content (AvgIpc) is 2.20. The molecule has 1 aromatic carbocycles. The quantitative estimate of drug-likeness (QED) is 0.844. The predicted molar refractivity (Wildman–Crippen MR) is 72.3 cm³/mol. The Hall–Kier alpha value is -0.890. The Morgan fingerprint density at radius 1 is 1.24 bits per heavy atom. The van der Waals surface area contributed by atoms with Crippen molar-refractivity contribution >= 4 is 0 Å². The highest BCUT2D eigenvalue weighted by Crippen LogP contribution is 2.14. The molecule has 0 bridgehead atoms. The third-order valence-electron chi connectivity index (χ3n) is 2.80. The second-order valence-electron chi connectivity index (χ2n) is 5.86. The largest absolute Gasteiger partial charge is 0.309 e. The minimum Gasteiger partial charge on any atom is -0.309 e. The van der Waals surface area contributed by atoms with Crippen LogP contribution in [0.5, 0.6) is 0 Å². The molecular formula is C15H24FN. The first-order valence-corrected chi connectivity index (χ1v) is 6.23. The molecule has 1 rings (SSSR count). The van der Waals surface area contributed by atoms with Crippen molar-refractivity contribution in [1.82, 2.24) is 5.32 Å². The molecule has 0 radical (unpaired) electrons. The van der Waals surface area contributed by atoms with E-state index in [2.05, 4.69) is 44.3 Å². The molecule has 1 atom stereocenters. The lowest BCUT2D eigenvalue weighted by atomic mass is 10.00. The smallest absolute Gasteiger partial charge is 0.117 e. The summed E-state index contributed by atoms with van der Waals surface area (Å²) < 4.78 is 13.9.